The Labute approximate surface area is 173 Å². The number of hydrogen-bond donors (Lipinski definition) is 0. The first kappa shape index (κ1) is 22.1. The second-order valence-corrected chi connectivity index (χ2v) is 51.8. The predicted molar refractivity (Wildman–Crippen MR) is 135 cm³/mol. The summed E-state index contributed by atoms with van der Waals surface area (Å²) in [4.78, 5) is 0. The summed E-state index contributed by atoms with van der Waals surface area (Å²) >= 11 is 3.54. The quantitative estimate of drug-likeness (QED) is 0.404. The molecule has 0 spiro atoms. The van der Waals surface area contributed by atoms with Gasteiger partial charge in [0, 0.05) is 27.2 Å². The molecule has 0 unspecified atom stereocenters. The van der Waals surface area contributed by atoms with Crippen LogP contribution < -0.4 is 5.19 Å². The normalized spacial score (nSPS) is 13.8. The van der Waals surface area contributed by atoms with Gasteiger partial charge >= 0.3 is 0 Å². The highest BCUT2D eigenvalue weighted by Crippen LogP contribution is 2.37. The average Bonchev–Trinajstić information content (AvgIpc) is 2.45. The van der Waals surface area contributed by atoms with Crippen LogP contribution in [-0.4, -0.2) is 29.4 Å². The minimum atomic E-state index is -1.50. The third-order valence-corrected chi connectivity index (χ3v) is 77.7. The maximum Gasteiger partial charge on any atom is 0.0685 e. The van der Waals surface area contributed by atoms with Crippen molar-refractivity contribution < 1.29 is 0 Å². The first-order valence-electron chi connectivity index (χ1n) is 9.58. The zero-order valence-electron chi connectivity index (χ0n) is 18.0. The van der Waals surface area contributed by atoms with Crippen molar-refractivity contribution >= 4 is 50.5 Å². The fraction of sp³-hybridized carbons (Fsp3) is 0.429. The van der Waals surface area contributed by atoms with E-state index in [9.17, 15) is 0 Å². The third kappa shape index (κ3) is 3.83. The van der Waals surface area contributed by atoms with Crippen LogP contribution in [0.2, 0.25) is 58.9 Å². The Hall–Kier alpha value is -0.212. The van der Waals surface area contributed by atoms with E-state index in [-0.39, 0.29) is 0 Å². The van der Waals surface area contributed by atoms with Crippen molar-refractivity contribution in [3.8, 4) is 11.1 Å². The molecule has 0 aromatic heterocycles. The van der Waals surface area contributed by atoms with E-state index in [1.807, 2.05) is 0 Å². The fourth-order valence-corrected chi connectivity index (χ4v) is 107. The van der Waals surface area contributed by atoms with Gasteiger partial charge in [0.05, 0.1) is 6.63 Å². The first-order valence-corrected chi connectivity index (χ1v) is 25.9. The van der Waals surface area contributed by atoms with Crippen LogP contribution in [0.1, 0.15) is 0 Å². The number of halogens is 1. The minimum Gasteiger partial charge on any atom is -0.0716 e. The van der Waals surface area contributed by atoms with Crippen LogP contribution in [0.3, 0.4) is 0 Å². The van der Waals surface area contributed by atoms with Gasteiger partial charge in [-0.15, -0.1) is 0 Å². The first-order chi connectivity index (χ1) is 11.7. The molecule has 0 saturated carbocycles. The lowest BCUT2D eigenvalue weighted by molar-refractivity contribution is 1.60. The van der Waals surface area contributed by atoms with Gasteiger partial charge in [-0.05, 0) is 23.3 Å². The number of rotatable bonds is 5. The molecule has 2 aromatic rings. The van der Waals surface area contributed by atoms with E-state index < -0.39 is 29.4 Å². The zero-order chi connectivity index (χ0) is 20.0. The van der Waals surface area contributed by atoms with Gasteiger partial charge in [-0.2, -0.15) is 0 Å². The lowest BCUT2D eigenvalue weighted by Gasteiger charge is -2.57. The van der Waals surface area contributed by atoms with E-state index in [0.717, 1.165) is 4.47 Å². The third-order valence-electron chi connectivity index (χ3n) is 5.87. The van der Waals surface area contributed by atoms with Crippen molar-refractivity contribution in [1.82, 2.24) is 0 Å². The zero-order valence-corrected chi connectivity index (χ0v) is 23.6. The van der Waals surface area contributed by atoms with Crippen LogP contribution in [0.15, 0.2) is 53.0 Å². The Bertz CT molecular complexity index is 709. The Kier molecular flexibility index (Phi) is 6.21. The molecule has 0 bridgehead atoms. The maximum atomic E-state index is 3.54. The molecule has 0 aliphatic rings. The van der Waals surface area contributed by atoms with Gasteiger partial charge in [-0.3, -0.25) is 0 Å². The highest BCUT2D eigenvalue weighted by molar-refractivity contribution is 9.10. The minimum absolute atomic E-state index is 1.14. The Balaban J connectivity index is 2.65. The summed E-state index contributed by atoms with van der Waals surface area (Å²) in [7, 11) is -3.89. The molecule has 0 aliphatic heterocycles. The lowest BCUT2D eigenvalue weighted by Crippen LogP contribution is -2.88. The van der Waals surface area contributed by atoms with Crippen LogP contribution in [0.5, 0.6) is 0 Å². The molecule has 0 heterocycles. The van der Waals surface area contributed by atoms with Gasteiger partial charge in [-0.1, -0.05) is 116 Å². The molecule has 0 amide bonds. The van der Waals surface area contributed by atoms with Crippen LogP contribution in [0.4, 0.5) is 0 Å². The molecule has 0 nitrogen and oxygen atoms in total. The van der Waals surface area contributed by atoms with E-state index in [0.29, 0.717) is 0 Å². The molecule has 2 rings (SSSR count). The van der Waals surface area contributed by atoms with E-state index in [2.05, 4.69) is 123 Å². The van der Waals surface area contributed by atoms with Crippen molar-refractivity contribution in [3.63, 3.8) is 0 Å². The summed E-state index contributed by atoms with van der Waals surface area (Å²) in [5, 5.41) is 1.76. The van der Waals surface area contributed by atoms with Crippen molar-refractivity contribution in [2.75, 3.05) is 0 Å². The summed E-state index contributed by atoms with van der Waals surface area (Å²) in [6, 6.07) is 18.5. The number of benzene rings is 2. The molecule has 0 radical (unpaired) electrons. The van der Waals surface area contributed by atoms with Crippen LogP contribution in [-0.2, 0) is 0 Å². The van der Waals surface area contributed by atoms with Gasteiger partial charge in [0.15, 0.2) is 0 Å². The highest BCUT2D eigenvalue weighted by Gasteiger charge is 2.62. The van der Waals surface area contributed by atoms with Crippen LogP contribution in [0.25, 0.3) is 11.1 Å². The largest absolute Gasteiger partial charge is 0.0716 e. The standard InChI is InChI=1S/C21H35BrSi4/c1-23(2,3)26(24(4,5)6,25(7,8)9)21-16-12-19(13-17-21)18-10-14-20(22)15-11-18/h10-17H,1-9H3. The molecule has 26 heavy (non-hydrogen) atoms. The SMILES string of the molecule is C[Si](C)(C)[Si](c1ccc(-c2ccc(Br)cc2)cc1)([Si](C)(C)C)[Si](C)(C)C. The van der Waals surface area contributed by atoms with E-state index in [1.54, 1.807) is 5.19 Å². The fourth-order valence-electron chi connectivity index (χ4n) is 6.23. The second kappa shape index (κ2) is 7.32. The topological polar surface area (TPSA) is 0 Å². The molecule has 5 heteroatoms. The molecule has 0 aliphatic carbocycles. The van der Waals surface area contributed by atoms with Crippen molar-refractivity contribution in [1.29, 1.82) is 0 Å². The van der Waals surface area contributed by atoms with Crippen LogP contribution in [0, 0.1) is 0 Å². The molecule has 0 fully saturated rings. The average molecular weight is 480 g/mol. The second-order valence-electron chi connectivity index (χ2n) is 10.6. The molecule has 142 valence electrons. The van der Waals surface area contributed by atoms with Gasteiger partial charge < -0.3 is 0 Å². The summed E-state index contributed by atoms with van der Waals surface area (Å²) in [5.74, 6) is 0. The Morgan fingerprint density at radius 3 is 1.12 bits per heavy atom. The van der Waals surface area contributed by atoms with Gasteiger partial charge in [0.1, 0.15) is 0 Å². The summed E-state index contributed by atoms with van der Waals surface area (Å²) in [6.07, 6.45) is 0. The van der Waals surface area contributed by atoms with Crippen LogP contribution >= 0.6 is 15.9 Å². The maximum absolute atomic E-state index is 3.54. The van der Waals surface area contributed by atoms with E-state index in [4.69, 9.17) is 0 Å². The number of hydrogen-bond acceptors (Lipinski definition) is 0. The Morgan fingerprint density at radius 2 is 0.808 bits per heavy atom. The summed E-state index contributed by atoms with van der Waals surface area (Å²) < 4.78 is 1.14. The monoisotopic (exact) mass is 478 g/mol. The molecular weight excluding hydrogens is 444 g/mol. The highest BCUT2D eigenvalue weighted by atomic mass is 79.9. The summed E-state index contributed by atoms with van der Waals surface area (Å²) in [6.45, 7) is 22.5. The van der Waals surface area contributed by atoms with Gasteiger partial charge in [0.2, 0.25) is 0 Å². The van der Waals surface area contributed by atoms with Crippen molar-refractivity contribution in [2.24, 2.45) is 0 Å². The van der Waals surface area contributed by atoms with Crippen molar-refractivity contribution in [2.45, 2.75) is 58.9 Å². The van der Waals surface area contributed by atoms with Gasteiger partial charge in [-0.25, -0.2) is 0 Å². The predicted octanol–water partition coefficient (Wildman–Crippen LogP) is 7.02. The molecule has 0 saturated heterocycles. The molecule has 0 atom stereocenters. The van der Waals surface area contributed by atoms with Crippen molar-refractivity contribution in [3.05, 3.63) is 53.0 Å². The van der Waals surface area contributed by atoms with E-state index >= 15 is 0 Å². The lowest BCUT2D eigenvalue weighted by atomic mass is 10.1. The molecule has 2 aromatic carbocycles. The van der Waals surface area contributed by atoms with Gasteiger partial charge in [0.25, 0.3) is 0 Å². The summed E-state index contributed by atoms with van der Waals surface area (Å²) in [5.41, 5.74) is 2.65. The molecular formula is C21H35BrSi4. The smallest absolute Gasteiger partial charge is 0.0685 e. The Morgan fingerprint density at radius 1 is 0.500 bits per heavy atom. The van der Waals surface area contributed by atoms with E-state index in [1.165, 1.54) is 11.1 Å². The molecule has 0 N–H and O–H groups in total.